The van der Waals surface area contributed by atoms with E-state index in [1.807, 2.05) is 9.58 Å². The molecule has 2 aromatic rings. The molecule has 0 N–H and O–H groups in total. The number of carbonyl (C=O) groups is 2. The lowest BCUT2D eigenvalue weighted by molar-refractivity contribution is -0.130. The Kier molecular flexibility index (Phi) is 5.15. The molecule has 4 rings (SSSR count). The number of piperazine rings is 1. The van der Waals surface area contributed by atoms with Gasteiger partial charge in [-0.15, -0.1) is 0 Å². The third-order valence-corrected chi connectivity index (χ3v) is 5.76. The summed E-state index contributed by atoms with van der Waals surface area (Å²) in [5.74, 6) is 0.133. The van der Waals surface area contributed by atoms with Crippen molar-refractivity contribution in [3.63, 3.8) is 0 Å². The molecule has 1 aliphatic carbocycles. The zero-order valence-corrected chi connectivity index (χ0v) is 17.2. The van der Waals surface area contributed by atoms with Crippen LogP contribution in [0.2, 0.25) is 0 Å². The van der Waals surface area contributed by atoms with Crippen molar-refractivity contribution in [2.75, 3.05) is 26.2 Å². The summed E-state index contributed by atoms with van der Waals surface area (Å²) in [6, 6.07) is 6.23. The van der Waals surface area contributed by atoms with E-state index in [0.29, 0.717) is 37.7 Å². The molecule has 0 spiro atoms. The summed E-state index contributed by atoms with van der Waals surface area (Å²) in [6.45, 7) is 7.85. The summed E-state index contributed by atoms with van der Waals surface area (Å²) in [6.07, 6.45) is 2.08. The van der Waals surface area contributed by atoms with Crippen LogP contribution in [0.4, 0.5) is 4.39 Å². The molecule has 1 saturated carbocycles. The second kappa shape index (κ2) is 7.61. The van der Waals surface area contributed by atoms with E-state index in [-0.39, 0.29) is 23.5 Å². The summed E-state index contributed by atoms with van der Waals surface area (Å²) in [4.78, 5) is 28.8. The second-order valence-electron chi connectivity index (χ2n) is 8.26. The SMILES string of the molecule is CC(=O)N1CCN(C(=O)c2c(C3CC3)nn(-c3ccc(F)cc3)c2C(C)C)CC1. The van der Waals surface area contributed by atoms with E-state index in [9.17, 15) is 14.0 Å². The van der Waals surface area contributed by atoms with Gasteiger partial charge >= 0.3 is 0 Å². The molecular formula is C22H27FN4O2. The number of benzene rings is 1. The number of amides is 2. The van der Waals surface area contributed by atoms with Crippen molar-refractivity contribution in [2.45, 2.75) is 45.4 Å². The van der Waals surface area contributed by atoms with Crippen LogP contribution < -0.4 is 0 Å². The summed E-state index contributed by atoms with van der Waals surface area (Å²) in [5.41, 5.74) is 3.19. The largest absolute Gasteiger partial charge is 0.339 e. The van der Waals surface area contributed by atoms with Crippen LogP contribution >= 0.6 is 0 Å². The van der Waals surface area contributed by atoms with Gasteiger partial charge in [0.05, 0.1) is 22.6 Å². The van der Waals surface area contributed by atoms with Crippen molar-refractivity contribution < 1.29 is 14.0 Å². The van der Waals surface area contributed by atoms with Gasteiger partial charge in [0, 0.05) is 39.0 Å². The van der Waals surface area contributed by atoms with E-state index in [4.69, 9.17) is 5.10 Å². The third-order valence-electron chi connectivity index (χ3n) is 5.76. The Labute approximate surface area is 170 Å². The number of hydrogen-bond donors (Lipinski definition) is 0. The number of carbonyl (C=O) groups excluding carboxylic acids is 2. The fourth-order valence-electron chi connectivity index (χ4n) is 4.01. The second-order valence-corrected chi connectivity index (χ2v) is 8.26. The van der Waals surface area contributed by atoms with Crippen LogP contribution in [-0.4, -0.2) is 57.6 Å². The van der Waals surface area contributed by atoms with Crippen LogP contribution in [0.1, 0.15) is 67.2 Å². The molecule has 29 heavy (non-hydrogen) atoms. The highest BCUT2D eigenvalue weighted by atomic mass is 19.1. The Bertz CT molecular complexity index is 923. The van der Waals surface area contributed by atoms with Crippen LogP contribution in [0.5, 0.6) is 0 Å². The summed E-state index contributed by atoms with van der Waals surface area (Å²) in [5, 5.41) is 4.83. The fraction of sp³-hybridized carbons (Fsp3) is 0.500. The molecule has 2 fully saturated rings. The van der Waals surface area contributed by atoms with Crippen molar-refractivity contribution in [1.82, 2.24) is 19.6 Å². The fourth-order valence-corrected chi connectivity index (χ4v) is 4.01. The highest BCUT2D eigenvalue weighted by molar-refractivity contribution is 5.97. The molecule has 1 saturated heterocycles. The first-order valence-electron chi connectivity index (χ1n) is 10.3. The lowest BCUT2D eigenvalue weighted by Crippen LogP contribution is -2.50. The number of nitrogens with zero attached hydrogens (tertiary/aromatic N) is 4. The standard InChI is InChI=1S/C22H27FN4O2/c1-14(2)21-19(22(29)26-12-10-25(11-13-26)15(3)28)20(16-4-5-16)24-27(21)18-8-6-17(23)7-9-18/h6-9,14,16H,4-5,10-13H2,1-3H3. The van der Waals surface area contributed by atoms with Crippen molar-refractivity contribution in [3.05, 3.63) is 47.0 Å². The predicted molar refractivity (Wildman–Crippen MR) is 108 cm³/mol. The summed E-state index contributed by atoms with van der Waals surface area (Å²) < 4.78 is 15.2. The normalized spacial score (nSPS) is 17.1. The van der Waals surface area contributed by atoms with Crippen LogP contribution in [0.15, 0.2) is 24.3 Å². The van der Waals surface area contributed by atoms with Crippen LogP contribution in [0, 0.1) is 5.82 Å². The van der Waals surface area contributed by atoms with Gasteiger partial charge in [-0.1, -0.05) is 13.8 Å². The van der Waals surface area contributed by atoms with Gasteiger partial charge in [0.25, 0.3) is 5.91 Å². The van der Waals surface area contributed by atoms with Gasteiger partial charge in [-0.25, -0.2) is 9.07 Å². The van der Waals surface area contributed by atoms with Gasteiger partial charge in [0.1, 0.15) is 5.82 Å². The smallest absolute Gasteiger partial charge is 0.257 e. The lowest BCUT2D eigenvalue weighted by Gasteiger charge is -2.34. The number of rotatable bonds is 4. The minimum atomic E-state index is -0.297. The zero-order chi connectivity index (χ0) is 20.7. The Hall–Kier alpha value is -2.70. The Morgan fingerprint density at radius 2 is 1.62 bits per heavy atom. The minimum absolute atomic E-state index is 0.00726. The first-order chi connectivity index (χ1) is 13.9. The molecule has 0 unspecified atom stereocenters. The maximum Gasteiger partial charge on any atom is 0.257 e. The van der Waals surface area contributed by atoms with Crippen LogP contribution in [0.25, 0.3) is 5.69 Å². The predicted octanol–water partition coefficient (Wildman–Crippen LogP) is 3.32. The van der Waals surface area contributed by atoms with Gasteiger partial charge in [-0.3, -0.25) is 9.59 Å². The van der Waals surface area contributed by atoms with E-state index >= 15 is 0 Å². The average Bonchev–Trinajstić information content (AvgIpc) is 3.47. The summed E-state index contributed by atoms with van der Waals surface area (Å²) >= 11 is 0. The molecule has 7 heteroatoms. The Morgan fingerprint density at radius 3 is 2.14 bits per heavy atom. The van der Waals surface area contributed by atoms with Gasteiger partial charge in [-0.2, -0.15) is 5.10 Å². The van der Waals surface area contributed by atoms with Crippen molar-refractivity contribution in [3.8, 4) is 5.69 Å². The zero-order valence-electron chi connectivity index (χ0n) is 17.2. The maximum absolute atomic E-state index is 13.6. The molecule has 2 aliphatic rings. The van der Waals surface area contributed by atoms with E-state index in [1.54, 1.807) is 24.0 Å². The molecule has 1 aromatic heterocycles. The molecule has 1 aliphatic heterocycles. The van der Waals surface area contributed by atoms with E-state index in [1.165, 1.54) is 12.1 Å². The molecule has 0 atom stereocenters. The van der Waals surface area contributed by atoms with E-state index in [0.717, 1.165) is 29.9 Å². The molecular weight excluding hydrogens is 371 g/mol. The third kappa shape index (κ3) is 3.78. The lowest BCUT2D eigenvalue weighted by atomic mass is 10.00. The molecule has 0 bridgehead atoms. The molecule has 154 valence electrons. The van der Waals surface area contributed by atoms with Crippen molar-refractivity contribution in [2.24, 2.45) is 0 Å². The Balaban J connectivity index is 1.73. The van der Waals surface area contributed by atoms with Gasteiger partial charge in [0.2, 0.25) is 5.91 Å². The number of hydrogen-bond acceptors (Lipinski definition) is 3. The minimum Gasteiger partial charge on any atom is -0.339 e. The first-order valence-corrected chi connectivity index (χ1v) is 10.3. The number of halogens is 1. The van der Waals surface area contributed by atoms with Crippen molar-refractivity contribution in [1.29, 1.82) is 0 Å². The highest BCUT2D eigenvalue weighted by Crippen LogP contribution is 2.43. The van der Waals surface area contributed by atoms with Crippen LogP contribution in [0.3, 0.4) is 0 Å². The van der Waals surface area contributed by atoms with Crippen LogP contribution in [-0.2, 0) is 4.79 Å². The molecule has 2 amide bonds. The maximum atomic E-state index is 13.6. The van der Waals surface area contributed by atoms with E-state index in [2.05, 4.69) is 13.8 Å². The quantitative estimate of drug-likeness (QED) is 0.794. The monoisotopic (exact) mass is 398 g/mol. The first kappa shape index (κ1) is 19.6. The Morgan fingerprint density at radius 1 is 1.03 bits per heavy atom. The topological polar surface area (TPSA) is 58.4 Å². The molecule has 6 nitrogen and oxygen atoms in total. The molecule has 2 heterocycles. The average molecular weight is 398 g/mol. The highest BCUT2D eigenvalue weighted by Gasteiger charge is 2.37. The van der Waals surface area contributed by atoms with Gasteiger partial charge in [0.15, 0.2) is 0 Å². The van der Waals surface area contributed by atoms with Gasteiger partial charge < -0.3 is 9.80 Å². The molecule has 1 aromatic carbocycles. The van der Waals surface area contributed by atoms with Gasteiger partial charge in [-0.05, 0) is 43.0 Å². The molecule has 0 radical (unpaired) electrons. The van der Waals surface area contributed by atoms with Crippen molar-refractivity contribution >= 4 is 11.8 Å². The van der Waals surface area contributed by atoms with E-state index < -0.39 is 0 Å². The number of aromatic nitrogens is 2. The summed E-state index contributed by atoms with van der Waals surface area (Å²) in [7, 11) is 0.